The van der Waals surface area contributed by atoms with Crippen LogP contribution in [0.2, 0.25) is 0 Å². The van der Waals surface area contributed by atoms with Gasteiger partial charge in [0.05, 0.1) is 30.4 Å². The summed E-state index contributed by atoms with van der Waals surface area (Å²) in [6.45, 7) is 1.14. The van der Waals surface area contributed by atoms with Crippen molar-refractivity contribution in [2.45, 2.75) is 13.0 Å². The van der Waals surface area contributed by atoms with Gasteiger partial charge in [-0.05, 0) is 24.6 Å². The molecular formula is C14H13BrN2O3. The number of hydrogen-bond donors (Lipinski definition) is 0. The van der Waals surface area contributed by atoms with Gasteiger partial charge in [0.15, 0.2) is 5.78 Å². The molecule has 5 nitrogen and oxygen atoms in total. The van der Waals surface area contributed by atoms with E-state index in [2.05, 4.69) is 20.9 Å². The number of halogens is 1. The van der Waals surface area contributed by atoms with Gasteiger partial charge < -0.3 is 4.74 Å². The van der Waals surface area contributed by atoms with Crippen LogP contribution in [0.1, 0.15) is 6.42 Å². The molecule has 1 unspecified atom stereocenters. The number of benzene rings is 1. The molecule has 2 aromatic rings. The van der Waals surface area contributed by atoms with E-state index in [0.29, 0.717) is 24.1 Å². The Kier molecular flexibility index (Phi) is 3.67. The van der Waals surface area contributed by atoms with Crippen molar-refractivity contribution >= 4 is 32.6 Å². The minimum Gasteiger partial charge on any atom is -0.381 e. The van der Waals surface area contributed by atoms with Gasteiger partial charge in [-0.2, -0.15) is 0 Å². The highest BCUT2D eigenvalue weighted by atomic mass is 79.9. The Morgan fingerprint density at radius 2 is 2.35 bits per heavy atom. The third-order valence-electron chi connectivity index (χ3n) is 3.50. The second-order valence-electron chi connectivity index (χ2n) is 4.87. The van der Waals surface area contributed by atoms with Crippen LogP contribution in [0.4, 0.5) is 0 Å². The van der Waals surface area contributed by atoms with Crippen LogP contribution >= 0.6 is 15.9 Å². The molecule has 0 N–H and O–H groups in total. The summed E-state index contributed by atoms with van der Waals surface area (Å²) in [5, 5.41) is 0.511. The highest BCUT2D eigenvalue weighted by Gasteiger charge is 2.23. The molecule has 20 heavy (non-hydrogen) atoms. The zero-order valence-electron chi connectivity index (χ0n) is 10.7. The maximum atomic E-state index is 12.3. The number of hydrogen-bond acceptors (Lipinski definition) is 4. The summed E-state index contributed by atoms with van der Waals surface area (Å²) in [6, 6.07) is 5.34. The molecule has 1 aliphatic rings. The van der Waals surface area contributed by atoms with Gasteiger partial charge in [0, 0.05) is 17.0 Å². The highest BCUT2D eigenvalue weighted by Crippen LogP contribution is 2.16. The van der Waals surface area contributed by atoms with Gasteiger partial charge >= 0.3 is 0 Å². The summed E-state index contributed by atoms with van der Waals surface area (Å²) in [5.41, 5.74) is 0.440. The van der Waals surface area contributed by atoms with Crippen molar-refractivity contribution in [3.05, 3.63) is 39.4 Å². The topological polar surface area (TPSA) is 61.2 Å². The van der Waals surface area contributed by atoms with Gasteiger partial charge in [0.1, 0.15) is 0 Å². The fraction of sp³-hybridized carbons (Fsp3) is 0.357. The molecule has 1 fully saturated rings. The molecule has 1 aliphatic heterocycles. The number of ether oxygens (including phenoxy) is 1. The van der Waals surface area contributed by atoms with E-state index in [-0.39, 0.29) is 23.8 Å². The fourth-order valence-electron chi connectivity index (χ4n) is 2.33. The van der Waals surface area contributed by atoms with Crippen molar-refractivity contribution in [2.75, 3.05) is 13.2 Å². The lowest BCUT2D eigenvalue weighted by Gasteiger charge is -2.09. The van der Waals surface area contributed by atoms with Crippen LogP contribution < -0.4 is 5.56 Å². The van der Waals surface area contributed by atoms with Crippen LogP contribution in [0.5, 0.6) is 0 Å². The minimum absolute atomic E-state index is 0.0285. The Labute approximate surface area is 123 Å². The van der Waals surface area contributed by atoms with E-state index in [9.17, 15) is 9.59 Å². The number of aromatic nitrogens is 2. The largest absolute Gasteiger partial charge is 0.381 e. The van der Waals surface area contributed by atoms with Crippen molar-refractivity contribution in [1.82, 2.24) is 9.55 Å². The molecule has 0 bridgehead atoms. The molecule has 3 rings (SSSR count). The van der Waals surface area contributed by atoms with E-state index in [4.69, 9.17) is 4.74 Å². The van der Waals surface area contributed by atoms with Crippen molar-refractivity contribution in [3.8, 4) is 0 Å². The van der Waals surface area contributed by atoms with Gasteiger partial charge in [0.2, 0.25) is 0 Å². The number of carbonyl (C=O) groups excluding carboxylic acids is 1. The lowest BCUT2D eigenvalue weighted by molar-refractivity contribution is -0.123. The summed E-state index contributed by atoms with van der Waals surface area (Å²) >= 11 is 3.34. The lowest BCUT2D eigenvalue weighted by atomic mass is 10.0. The van der Waals surface area contributed by atoms with E-state index in [1.165, 1.54) is 10.9 Å². The van der Waals surface area contributed by atoms with E-state index in [1.807, 2.05) is 6.07 Å². The monoisotopic (exact) mass is 336 g/mol. The molecule has 1 aromatic heterocycles. The summed E-state index contributed by atoms with van der Waals surface area (Å²) in [7, 11) is 0. The van der Waals surface area contributed by atoms with Crippen molar-refractivity contribution < 1.29 is 9.53 Å². The minimum atomic E-state index is -0.191. The maximum absolute atomic E-state index is 12.3. The molecule has 6 heteroatoms. The zero-order valence-corrected chi connectivity index (χ0v) is 12.3. The molecular weight excluding hydrogens is 324 g/mol. The van der Waals surface area contributed by atoms with Crippen LogP contribution in [0.15, 0.2) is 33.8 Å². The van der Waals surface area contributed by atoms with Gasteiger partial charge in [-0.25, -0.2) is 4.98 Å². The standard InChI is InChI=1S/C14H13BrN2O3/c15-10-1-2-12-11(5-10)14(19)17(8-16-12)6-13(18)9-3-4-20-7-9/h1-2,5,8-9H,3-4,6-7H2. The fourth-order valence-corrected chi connectivity index (χ4v) is 2.69. The van der Waals surface area contributed by atoms with Crippen LogP contribution in [0.25, 0.3) is 10.9 Å². The number of nitrogens with zero attached hydrogens (tertiary/aromatic N) is 2. The SMILES string of the molecule is O=C(Cn1cnc2ccc(Br)cc2c1=O)C1CCOC1. The van der Waals surface area contributed by atoms with Crippen LogP contribution in [-0.2, 0) is 16.1 Å². The van der Waals surface area contributed by atoms with Crippen LogP contribution in [0.3, 0.4) is 0 Å². The summed E-state index contributed by atoms with van der Waals surface area (Å²) in [5.74, 6) is -0.0687. The number of ketones is 1. The smallest absolute Gasteiger partial charge is 0.261 e. The lowest BCUT2D eigenvalue weighted by Crippen LogP contribution is -2.28. The average Bonchev–Trinajstić information content (AvgIpc) is 2.96. The van der Waals surface area contributed by atoms with Crippen LogP contribution in [-0.4, -0.2) is 28.5 Å². The summed E-state index contributed by atoms with van der Waals surface area (Å²) in [6.07, 6.45) is 2.17. The molecule has 1 saturated heterocycles. The first kappa shape index (κ1) is 13.5. The molecule has 0 aliphatic carbocycles. The zero-order chi connectivity index (χ0) is 14.1. The van der Waals surface area contributed by atoms with E-state index in [1.54, 1.807) is 12.1 Å². The van der Waals surface area contributed by atoms with E-state index < -0.39 is 0 Å². The number of Topliss-reactive ketones (excluding diaryl/α,β-unsaturated/α-hetero) is 1. The van der Waals surface area contributed by atoms with E-state index in [0.717, 1.165) is 10.9 Å². The number of rotatable bonds is 3. The Bertz CT molecular complexity index is 720. The first-order chi connectivity index (χ1) is 9.65. The molecule has 104 valence electrons. The predicted molar refractivity (Wildman–Crippen MR) is 77.6 cm³/mol. The normalized spacial score (nSPS) is 18.6. The van der Waals surface area contributed by atoms with Crippen LogP contribution in [0, 0.1) is 5.92 Å². The quantitative estimate of drug-likeness (QED) is 0.856. The van der Waals surface area contributed by atoms with Crippen molar-refractivity contribution in [3.63, 3.8) is 0 Å². The molecule has 2 heterocycles. The highest BCUT2D eigenvalue weighted by molar-refractivity contribution is 9.10. The Morgan fingerprint density at radius 3 is 3.10 bits per heavy atom. The third-order valence-corrected chi connectivity index (χ3v) is 3.99. The van der Waals surface area contributed by atoms with Gasteiger partial charge in [-0.15, -0.1) is 0 Å². The maximum Gasteiger partial charge on any atom is 0.261 e. The number of carbonyl (C=O) groups is 1. The summed E-state index contributed by atoms with van der Waals surface area (Å²) < 4.78 is 7.39. The second-order valence-corrected chi connectivity index (χ2v) is 5.78. The average molecular weight is 337 g/mol. The molecule has 0 spiro atoms. The first-order valence-corrected chi connectivity index (χ1v) is 7.19. The Morgan fingerprint density at radius 1 is 1.50 bits per heavy atom. The van der Waals surface area contributed by atoms with Crippen molar-refractivity contribution in [1.29, 1.82) is 0 Å². The second kappa shape index (κ2) is 5.46. The number of fused-ring (bicyclic) bond motifs is 1. The molecule has 1 atom stereocenters. The first-order valence-electron chi connectivity index (χ1n) is 6.40. The van der Waals surface area contributed by atoms with Gasteiger partial charge in [-0.1, -0.05) is 15.9 Å². The molecule has 0 amide bonds. The van der Waals surface area contributed by atoms with Gasteiger partial charge in [0.25, 0.3) is 5.56 Å². The molecule has 0 saturated carbocycles. The summed E-state index contributed by atoms with van der Waals surface area (Å²) in [4.78, 5) is 28.7. The Balaban J connectivity index is 1.93. The van der Waals surface area contributed by atoms with Crippen molar-refractivity contribution in [2.24, 2.45) is 5.92 Å². The third kappa shape index (κ3) is 2.53. The van der Waals surface area contributed by atoms with Gasteiger partial charge in [-0.3, -0.25) is 14.2 Å². The predicted octanol–water partition coefficient (Wildman–Crippen LogP) is 1.76. The molecule has 0 radical (unpaired) electrons. The Hall–Kier alpha value is -1.53. The molecule has 1 aromatic carbocycles. The van der Waals surface area contributed by atoms with E-state index >= 15 is 0 Å².